The maximum atomic E-state index is 12.4. The lowest BCUT2D eigenvalue weighted by atomic mass is 10.1. The molecule has 1 aliphatic rings. The molecule has 2 amide bonds. The van der Waals surface area contributed by atoms with Crippen molar-refractivity contribution in [2.75, 3.05) is 11.9 Å². The first-order valence-corrected chi connectivity index (χ1v) is 8.88. The molecule has 26 heavy (non-hydrogen) atoms. The van der Waals surface area contributed by atoms with Crippen LogP contribution < -0.4 is 10.6 Å². The molecule has 0 spiro atoms. The Bertz CT molecular complexity index is 971. The van der Waals surface area contributed by atoms with Crippen molar-refractivity contribution < 1.29 is 9.59 Å². The zero-order valence-electron chi connectivity index (χ0n) is 13.7. The van der Waals surface area contributed by atoms with E-state index in [2.05, 4.69) is 25.8 Å². The predicted molar refractivity (Wildman–Crippen MR) is 97.4 cm³/mol. The van der Waals surface area contributed by atoms with Crippen LogP contribution in [0.25, 0.3) is 0 Å². The molecule has 8 heteroatoms. The smallest absolute Gasteiger partial charge is 0.256 e. The number of amides is 2. The molecule has 0 radical (unpaired) electrons. The lowest BCUT2D eigenvalue weighted by Gasteiger charge is -2.09. The predicted octanol–water partition coefficient (Wildman–Crippen LogP) is 2.49. The van der Waals surface area contributed by atoms with Gasteiger partial charge in [0.15, 0.2) is 0 Å². The summed E-state index contributed by atoms with van der Waals surface area (Å²) in [5.41, 5.74) is 1.76. The number of fused-ring (bicyclic) bond motifs is 2. The Morgan fingerprint density at radius 1 is 1.15 bits per heavy atom. The SMILES string of the molecule is O=C(NCCc1nnc[nH]1)c1ccc2c(c1)NC(=O)c1ccccc1S2. The number of nitrogens with zero attached hydrogens (tertiary/aromatic N) is 2. The molecule has 0 saturated heterocycles. The average Bonchev–Trinajstić information content (AvgIpc) is 3.12. The van der Waals surface area contributed by atoms with Gasteiger partial charge in [0.05, 0.1) is 11.3 Å². The van der Waals surface area contributed by atoms with Crippen molar-refractivity contribution in [3.8, 4) is 0 Å². The molecule has 0 aliphatic carbocycles. The number of rotatable bonds is 4. The minimum Gasteiger partial charge on any atom is -0.352 e. The van der Waals surface area contributed by atoms with Gasteiger partial charge in [-0.15, -0.1) is 10.2 Å². The number of nitrogens with one attached hydrogen (secondary N) is 3. The second kappa shape index (κ2) is 7.01. The summed E-state index contributed by atoms with van der Waals surface area (Å²) < 4.78 is 0. The van der Waals surface area contributed by atoms with Crippen molar-refractivity contribution in [2.45, 2.75) is 16.2 Å². The highest BCUT2D eigenvalue weighted by atomic mass is 32.2. The first-order valence-electron chi connectivity index (χ1n) is 8.06. The van der Waals surface area contributed by atoms with E-state index in [0.717, 1.165) is 9.79 Å². The van der Waals surface area contributed by atoms with Gasteiger partial charge in [0.2, 0.25) is 0 Å². The molecule has 3 aromatic rings. The highest BCUT2D eigenvalue weighted by Gasteiger charge is 2.20. The quantitative estimate of drug-likeness (QED) is 0.660. The molecular formula is C18H15N5O2S. The van der Waals surface area contributed by atoms with Crippen molar-refractivity contribution in [1.82, 2.24) is 20.5 Å². The average molecular weight is 365 g/mol. The highest BCUT2D eigenvalue weighted by molar-refractivity contribution is 7.99. The van der Waals surface area contributed by atoms with Crippen LogP contribution in [0, 0.1) is 0 Å². The topological polar surface area (TPSA) is 99.8 Å². The van der Waals surface area contributed by atoms with Gasteiger partial charge in [-0.2, -0.15) is 0 Å². The van der Waals surface area contributed by atoms with Gasteiger partial charge in [-0.25, -0.2) is 0 Å². The van der Waals surface area contributed by atoms with E-state index in [4.69, 9.17) is 0 Å². The molecule has 1 aromatic heterocycles. The summed E-state index contributed by atoms with van der Waals surface area (Å²) in [6.07, 6.45) is 2.07. The third kappa shape index (κ3) is 3.31. The van der Waals surface area contributed by atoms with Crippen LogP contribution in [0.4, 0.5) is 5.69 Å². The fourth-order valence-corrected chi connectivity index (χ4v) is 3.67. The first-order chi connectivity index (χ1) is 12.7. The Labute approximate surface area is 153 Å². The van der Waals surface area contributed by atoms with Crippen LogP contribution in [0.2, 0.25) is 0 Å². The summed E-state index contributed by atoms with van der Waals surface area (Å²) in [6.45, 7) is 0.442. The number of hydrogen-bond acceptors (Lipinski definition) is 5. The fourth-order valence-electron chi connectivity index (χ4n) is 2.66. The molecule has 4 rings (SSSR count). The van der Waals surface area contributed by atoms with Gasteiger partial charge in [-0.05, 0) is 30.3 Å². The monoisotopic (exact) mass is 365 g/mol. The van der Waals surface area contributed by atoms with Crippen molar-refractivity contribution in [3.63, 3.8) is 0 Å². The fraction of sp³-hybridized carbons (Fsp3) is 0.111. The second-order valence-electron chi connectivity index (χ2n) is 5.70. The van der Waals surface area contributed by atoms with Crippen molar-refractivity contribution >= 4 is 29.3 Å². The Kier molecular flexibility index (Phi) is 4.40. The molecule has 0 atom stereocenters. The number of anilines is 1. The van der Waals surface area contributed by atoms with Crippen LogP contribution >= 0.6 is 11.8 Å². The number of carbonyl (C=O) groups excluding carboxylic acids is 2. The first kappa shape index (κ1) is 16.3. The van der Waals surface area contributed by atoms with E-state index >= 15 is 0 Å². The molecule has 3 N–H and O–H groups in total. The third-order valence-corrected chi connectivity index (χ3v) is 5.11. The van der Waals surface area contributed by atoms with Gasteiger partial charge in [-0.1, -0.05) is 23.9 Å². The minimum atomic E-state index is -0.201. The standard InChI is InChI=1S/C18H15N5O2S/c24-17(19-8-7-16-20-10-21-23-16)11-5-6-15-13(9-11)22-18(25)12-3-1-2-4-14(12)26-15/h1-6,9-10H,7-8H2,(H,19,24)(H,22,25)(H,20,21,23). The third-order valence-electron chi connectivity index (χ3n) is 3.96. The maximum Gasteiger partial charge on any atom is 0.256 e. The van der Waals surface area contributed by atoms with Gasteiger partial charge in [0.1, 0.15) is 12.2 Å². The van der Waals surface area contributed by atoms with Gasteiger partial charge < -0.3 is 15.6 Å². The van der Waals surface area contributed by atoms with Crippen molar-refractivity contribution in [2.24, 2.45) is 0 Å². The largest absolute Gasteiger partial charge is 0.352 e. The highest BCUT2D eigenvalue weighted by Crippen LogP contribution is 2.38. The number of H-pyrrole nitrogens is 1. The number of hydrogen-bond donors (Lipinski definition) is 3. The summed E-state index contributed by atoms with van der Waals surface area (Å²) in [7, 11) is 0. The van der Waals surface area contributed by atoms with Crippen LogP contribution in [-0.2, 0) is 6.42 Å². The molecule has 2 heterocycles. The molecule has 0 bridgehead atoms. The zero-order chi connectivity index (χ0) is 17.9. The Balaban J connectivity index is 1.49. The van der Waals surface area contributed by atoms with Crippen molar-refractivity contribution in [1.29, 1.82) is 0 Å². The van der Waals surface area contributed by atoms with Gasteiger partial charge in [0, 0.05) is 28.3 Å². The molecule has 0 unspecified atom stereocenters. The van der Waals surface area contributed by atoms with Crippen LogP contribution in [0.1, 0.15) is 26.5 Å². The molecule has 0 saturated carbocycles. The van der Waals surface area contributed by atoms with E-state index in [1.807, 2.05) is 24.3 Å². The van der Waals surface area contributed by atoms with Gasteiger partial charge in [0.25, 0.3) is 11.8 Å². The number of aromatic amines is 1. The van der Waals surface area contributed by atoms with Gasteiger partial charge in [-0.3, -0.25) is 9.59 Å². The molecule has 7 nitrogen and oxygen atoms in total. The van der Waals surface area contributed by atoms with E-state index in [1.165, 1.54) is 18.1 Å². The van der Waals surface area contributed by atoms with E-state index in [1.54, 1.807) is 18.2 Å². The number of aromatic nitrogens is 3. The molecule has 2 aromatic carbocycles. The molecule has 0 fully saturated rings. The Morgan fingerprint density at radius 2 is 2.04 bits per heavy atom. The van der Waals surface area contributed by atoms with Gasteiger partial charge >= 0.3 is 0 Å². The number of carbonyl (C=O) groups is 2. The molecule has 1 aliphatic heterocycles. The van der Waals surface area contributed by atoms with E-state index < -0.39 is 0 Å². The summed E-state index contributed by atoms with van der Waals surface area (Å²) in [4.78, 5) is 29.5. The summed E-state index contributed by atoms with van der Waals surface area (Å²) >= 11 is 1.51. The van der Waals surface area contributed by atoms with E-state index in [-0.39, 0.29) is 11.8 Å². The van der Waals surface area contributed by atoms with E-state index in [9.17, 15) is 9.59 Å². The van der Waals surface area contributed by atoms with Crippen molar-refractivity contribution in [3.05, 3.63) is 65.7 Å². The van der Waals surface area contributed by atoms with Crippen LogP contribution in [-0.4, -0.2) is 33.5 Å². The number of benzene rings is 2. The summed E-state index contributed by atoms with van der Waals surface area (Å²) in [5.74, 6) is 0.344. The molecular weight excluding hydrogens is 350 g/mol. The van der Waals surface area contributed by atoms with Crippen LogP contribution in [0.5, 0.6) is 0 Å². The van der Waals surface area contributed by atoms with E-state index in [0.29, 0.717) is 35.6 Å². The Hall–Kier alpha value is -3.13. The van der Waals surface area contributed by atoms with Crippen LogP contribution in [0.15, 0.2) is 58.6 Å². The minimum absolute atomic E-state index is 0.172. The molecule has 130 valence electrons. The Morgan fingerprint density at radius 3 is 2.88 bits per heavy atom. The normalized spacial score (nSPS) is 12.5. The second-order valence-corrected chi connectivity index (χ2v) is 6.79. The lowest BCUT2D eigenvalue weighted by molar-refractivity contribution is 0.0952. The summed E-state index contributed by atoms with van der Waals surface area (Å²) in [5, 5.41) is 13.3. The maximum absolute atomic E-state index is 12.4. The zero-order valence-corrected chi connectivity index (χ0v) is 14.5. The lowest BCUT2D eigenvalue weighted by Crippen LogP contribution is -2.26. The van der Waals surface area contributed by atoms with Crippen LogP contribution in [0.3, 0.4) is 0 Å². The summed E-state index contributed by atoms with van der Waals surface area (Å²) in [6, 6.07) is 12.8.